The average Bonchev–Trinajstić information content (AvgIpc) is 2.99. The molecule has 3 rings (SSSR count). The lowest BCUT2D eigenvalue weighted by Crippen LogP contribution is -2.35. The van der Waals surface area contributed by atoms with Crippen molar-refractivity contribution in [1.29, 1.82) is 0 Å². The lowest BCUT2D eigenvalue weighted by Gasteiger charge is -2.14. The molecule has 2 amide bonds. The molecule has 22 heavy (non-hydrogen) atoms. The number of amides is 2. The van der Waals surface area contributed by atoms with Crippen LogP contribution in [0.15, 0.2) is 6.07 Å². The summed E-state index contributed by atoms with van der Waals surface area (Å²) in [5.74, 6) is -0.231. The molecule has 0 spiro atoms. The Balaban J connectivity index is 1.60. The number of hydrogen-bond donors (Lipinski definition) is 2. The quantitative estimate of drug-likeness (QED) is 0.756. The molecule has 0 fully saturated rings. The maximum absolute atomic E-state index is 12.0. The number of aromatic nitrogens is 5. The zero-order valence-corrected chi connectivity index (χ0v) is 12.5. The van der Waals surface area contributed by atoms with Gasteiger partial charge < -0.3 is 10.6 Å². The Labute approximate surface area is 126 Å². The summed E-state index contributed by atoms with van der Waals surface area (Å²) in [6.45, 7) is 4.80. The molecule has 0 radical (unpaired) electrons. The molecule has 9 heteroatoms. The first kappa shape index (κ1) is 14.2. The third-order valence-corrected chi connectivity index (χ3v) is 3.51. The molecule has 0 bridgehead atoms. The summed E-state index contributed by atoms with van der Waals surface area (Å²) in [5, 5.41) is 17.7. The highest BCUT2D eigenvalue weighted by atomic mass is 16.2. The summed E-state index contributed by atoms with van der Waals surface area (Å²) in [7, 11) is 0. The molecule has 1 aliphatic rings. The van der Waals surface area contributed by atoms with Crippen LogP contribution in [-0.4, -0.2) is 36.6 Å². The summed E-state index contributed by atoms with van der Waals surface area (Å²) in [6.07, 6.45) is 0. The van der Waals surface area contributed by atoms with Gasteiger partial charge in [0.25, 0.3) is 0 Å². The molecule has 2 N–H and O–H groups in total. The van der Waals surface area contributed by atoms with Crippen LogP contribution in [0.5, 0.6) is 0 Å². The van der Waals surface area contributed by atoms with E-state index in [1.165, 1.54) is 0 Å². The van der Waals surface area contributed by atoms with Crippen molar-refractivity contribution in [3.05, 3.63) is 28.8 Å². The molecular formula is C13H17N7O2. The van der Waals surface area contributed by atoms with Crippen LogP contribution in [0, 0.1) is 13.8 Å². The van der Waals surface area contributed by atoms with Crippen molar-refractivity contribution < 1.29 is 9.59 Å². The Morgan fingerprint density at radius 3 is 3.00 bits per heavy atom. The number of aryl methyl sites for hydroxylation is 2. The van der Waals surface area contributed by atoms with Crippen molar-refractivity contribution in [2.75, 3.05) is 0 Å². The first-order valence-corrected chi connectivity index (χ1v) is 6.98. The number of nitrogens with one attached hydrogen (secondary N) is 2. The van der Waals surface area contributed by atoms with Crippen molar-refractivity contribution in [2.24, 2.45) is 0 Å². The van der Waals surface area contributed by atoms with Gasteiger partial charge in [0.1, 0.15) is 18.8 Å². The minimum Gasteiger partial charge on any atom is -0.349 e. The lowest BCUT2D eigenvalue weighted by atomic mass is 10.2. The Morgan fingerprint density at radius 1 is 1.45 bits per heavy atom. The molecule has 2 aromatic rings. The van der Waals surface area contributed by atoms with Crippen LogP contribution in [-0.2, 0) is 35.8 Å². The molecule has 1 aliphatic heterocycles. The largest absolute Gasteiger partial charge is 0.349 e. The molecule has 9 nitrogen and oxygen atoms in total. The molecule has 0 saturated heterocycles. The van der Waals surface area contributed by atoms with Gasteiger partial charge >= 0.3 is 0 Å². The van der Waals surface area contributed by atoms with E-state index in [0.717, 1.165) is 17.1 Å². The number of carbonyl (C=O) groups is 2. The summed E-state index contributed by atoms with van der Waals surface area (Å²) in [4.78, 5) is 23.3. The summed E-state index contributed by atoms with van der Waals surface area (Å²) >= 11 is 0. The van der Waals surface area contributed by atoms with Gasteiger partial charge in [-0.2, -0.15) is 5.10 Å². The molecule has 0 saturated carbocycles. The zero-order chi connectivity index (χ0) is 15.7. The zero-order valence-electron chi connectivity index (χ0n) is 12.5. The molecule has 0 aromatic carbocycles. The van der Waals surface area contributed by atoms with Crippen LogP contribution in [0.4, 0.5) is 0 Å². The Bertz CT molecular complexity index is 731. The topological polar surface area (TPSA) is 107 Å². The first-order chi connectivity index (χ1) is 10.5. The Hall–Kier alpha value is -2.71. The molecule has 116 valence electrons. The first-order valence-electron chi connectivity index (χ1n) is 6.98. The van der Waals surface area contributed by atoms with Crippen LogP contribution in [0.1, 0.15) is 22.8 Å². The van der Waals surface area contributed by atoms with Crippen molar-refractivity contribution in [3.63, 3.8) is 0 Å². The smallest absolute Gasteiger partial charge is 0.242 e. The second kappa shape index (κ2) is 5.58. The number of hydrogen-bond acceptors (Lipinski definition) is 5. The van der Waals surface area contributed by atoms with E-state index in [1.807, 2.05) is 19.9 Å². The monoisotopic (exact) mass is 303 g/mol. The fraction of sp³-hybridized carbons (Fsp3) is 0.462. The van der Waals surface area contributed by atoms with E-state index in [9.17, 15) is 9.59 Å². The van der Waals surface area contributed by atoms with Gasteiger partial charge in [-0.1, -0.05) is 5.21 Å². The van der Waals surface area contributed by atoms with E-state index in [2.05, 4.69) is 26.0 Å². The predicted octanol–water partition coefficient (Wildman–Crippen LogP) is -0.962. The van der Waals surface area contributed by atoms with E-state index in [4.69, 9.17) is 0 Å². The molecule has 2 aromatic heterocycles. The van der Waals surface area contributed by atoms with Gasteiger partial charge in [0.2, 0.25) is 11.8 Å². The van der Waals surface area contributed by atoms with Gasteiger partial charge in [0.15, 0.2) is 0 Å². The van der Waals surface area contributed by atoms with E-state index < -0.39 is 0 Å². The van der Waals surface area contributed by atoms with Gasteiger partial charge in [-0.3, -0.25) is 14.3 Å². The SMILES string of the molecule is Cc1cc(C)n(CC(=O)NCc2nnn3c2CNC(=O)C3)n1. The minimum atomic E-state index is -0.146. The average molecular weight is 303 g/mol. The highest BCUT2D eigenvalue weighted by Gasteiger charge is 2.20. The Morgan fingerprint density at radius 2 is 2.27 bits per heavy atom. The van der Waals surface area contributed by atoms with Gasteiger partial charge in [-0.05, 0) is 19.9 Å². The van der Waals surface area contributed by atoms with Crippen LogP contribution >= 0.6 is 0 Å². The highest BCUT2D eigenvalue weighted by molar-refractivity contribution is 5.77. The number of rotatable bonds is 4. The van der Waals surface area contributed by atoms with Gasteiger partial charge in [0.05, 0.1) is 24.5 Å². The summed E-state index contributed by atoms with van der Waals surface area (Å²) < 4.78 is 3.22. The van der Waals surface area contributed by atoms with Crippen LogP contribution < -0.4 is 10.6 Å². The van der Waals surface area contributed by atoms with Crippen molar-refractivity contribution >= 4 is 11.8 Å². The summed E-state index contributed by atoms with van der Waals surface area (Å²) in [6, 6.07) is 1.92. The number of nitrogens with zero attached hydrogens (tertiary/aromatic N) is 5. The van der Waals surface area contributed by atoms with Crippen molar-refractivity contribution in [2.45, 2.75) is 40.0 Å². The Kier molecular flexibility index (Phi) is 3.61. The molecule has 3 heterocycles. The molecule has 0 atom stereocenters. The van der Waals surface area contributed by atoms with E-state index in [1.54, 1.807) is 9.36 Å². The van der Waals surface area contributed by atoms with Gasteiger partial charge in [0, 0.05) is 5.69 Å². The van der Waals surface area contributed by atoms with Gasteiger partial charge in [-0.15, -0.1) is 5.10 Å². The standard InChI is InChI=1S/C13H17N7O2/c1-8-3-9(2)19(17-8)6-12(21)14-4-10-11-5-15-13(22)7-20(11)18-16-10/h3H,4-7H2,1-2H3,(H,14,21)(H,15,22). The fourth-order valence-electron chi connectivity index (χ4n) is 2.41. The lowest BCUT2D eigenvalue weighted by molar-refractivity contribution is -0.123. The highest BCUT2D eigenvalue weighted by Crippen LogP contribution is 2.09. The third kappa shape index (κ3) is 2.83. The van der Waals surface area contributed by atoms with Crippen LogP contribution in [0.25, 0.3) is 0 Å². The van der Waals surface area contributed by atoms with Crippen LogP contribution in [0.2, 0.25) is 0 Å². The normalized spacial score (nSPS) is 13.6. The maximum Gasteiger partial charge on any atom is 0.242 e. The van der Waals surface area contributed by atoms with Crippen molar-refractivity contribution in [1.82, 2.24) is 35.4 Å². The van der Waals surface area contributed by atoms with E-state index in [-0.39, 0.29) is 31.4 Å². The van der Waals surface area contributed by atoms with Crippen LogP contribution in [0.3, 0.4) is 0 Å². The minimum absolute atomic E-state index is 0.0856. The van der Waals surface area contributed by atoms with Gasteiger partial charge in [-0.25, -0.2) is 4.68 Å². The predicted molar refractivity (Wildman–Crippen MR) is 75.4 cm³/mol. The van der Waals surface area contributed by atoms with Crippen molar-refractivity contribution in [3.8, 4) is 0 Å². The second-order valence-electron chi connectivity index (χ2n) is 5.28. The number of carbonyl (C=O) groups excluding carboxylic acids is 2. The molecular weight excluding hydrogens is 286 g/mol. The fourth-order valence-corrected chi connectivity index (χ4v) is 2.41. The number of fused-ring (bicyclic) bond motifs is 1. The summed E-state index contributed by atoms with van der Waals surface area (Å²) in [5.41, 5.74) is 3.32. The second-order valence-corrected chi connectivity index (χ2v) is 5.28. The maximum atomic E-state index is 12.0. The molecule has 0 aliphatic carbocycles. The van der Waals surface area contributed by atoms with E-state index >= 15 is 0 Å². The third-order valence-electron chi connectivity index (χ3n) is 3.51. The molecule has 0 unspecified atom stereocenters. The van der Waals surface area contributed by atoms with E-state index in [0.29, 0.717) is 12.2 Å².